The van der Waals surface area contributed by atoms with Crippen molar-refractivity contribution < 1.29 is 0 Å². The molecule has 0 aromatic heterocycles. The molecule has 0 aliphatic rings. The van der Waals surface area contributed by atoms with Crippen LogP contribution >= 0.6 is 0 Å². The normalized spacial score (nSPS) is 13.6. The van der Waals surface area contributed by atoms with Crippen LogP contribution in [0.2, 0.25) is 0 Å². The van der Waals surface area contributed by atoms with Gasteiger partial charge in [-0.15, -0.1) is 0 Å². The summed E-state index contributed by atoms with van der Waals surface area (Å²) in [6.45, 7) is 12.5. The highest BCUT2D eigenvalue weighted by atomic mass is 14.9. The summed E-state index contributed by atoms with van der Waals surface area (Å²) in [6, 6.07) is 9.27. The lowest BCUT2D eigenvalue weighted by Gasteiger charge is -2.25. The summed E-state index contributed by atoms with van der Waals surface area (Å²) in [5.41, 5.74) is 3.28. The van der Waals surface area contributed by atoms with E-state index in [-0.39, 0.29) is 0 Å². The maximum Gasteiger partial charge on any atom is 0.0323 e. The van der Waals surface area contributed by atoms with Crippen LogP contribution in [-0.4, -0.2) is 6.54 Å². The van der Waals surface area contributed by atoms with Crippen LogP contribution in [0, 0.1) is 12.3 Å². The number of aryl methyl sites for hydroxylation is 1. The molecule has 0 heterocycles. The smallest absolute Gasteiger partial charge is 0.0323 e. The fraction of sp³-hybridized carbons (Fsp3) is 0.647. The number of hydrogen-bond acceptors (Lipinski definition) is 1. The Balaban J connectivity index is 2.75. The van der Waals surface area contributed by atoms with E-state index in [0.717, 1.165) is 6.54 Å². The van der Waals surface area contributed by atoms with Gasteiger partial charge in [-0.2, -0.15) is 0 Å². The van der Waals surface area contributed by atoms with Gasteiger partial charge in [-0.05, 0) is 49.3 Å². The van der Waals surface area contributed by atoms with Gasteiger partial charge in [-0.1, -0.05) is 52.0 Å². The average Bonchev–Trinajstić information content (AvgIpc) is 2.29. The molecule has 18 heavy (non-hydrogen) atoms. The van der Waals surface area contributed by atoms with E-state index in [2.05, 4.69) is 64.2 Å². The summed E-state index contributed by atoms with van der Waals surface area (Å²) < 4.78 is 0. The Morgan fingerprint density at radius 2 is 1.83 bits per heavy atom. The first kappa shape index (κ1) is 15.2. The fourth-order valence-corrected chi connectivity index (χ4v) is 2.24. The number of benzene rings is 1. The van der Waals surface area contributed by atoms with Gasteiger partial charge in [0.15, 0.2) is 0 Å². The Kier molecular flexibility index (Phi) is 5.87. The van der Waals surface area contributed by atoms with Crippen molar-refractivity contribution in [1.82, 2.24) is 5.32 Å². The monoisotopic (exact) mass is 247 g/mol. The Hall–Kier alpha value is -0.820. The topological polar surface area (TPSA) is 12.0 Å². The lowest BCUT2D eigenvalue weighted by atomic mass is 9.86. The third-order valence-electron chi connectivity index (χ3n) is 3.39. The molecule has 1 N–H and O–H groups in total. The first-order chi connectivity index (χ1) is 8.44. The van der Waals surface area contributed by atoms with Gasteiger partial charge in [-0.3, -0.25) is 0 Å². The molecule has 0 saturated heterocycles. The van der Waals surface area contributed by atoms with E-state index in [0.29, 0.717) is 11.5 Å². The molecule has 0 bridgehead atoms. The molecular formula is C17H29N. The zero-order valence-electron chi connectivity index (χ0n) is 12.7. The van der Waals surface area contributed by atoms with Crippen LogP contribution in [0.25, 0.3) is 0 Å². The molecule has 0 aliphatic heterocycles. The molecule has 1 heteroatoms. The molecule has 1 aromatic rings. The summed E-state index contributed by atoms with van der Waals surface area (Å²) >= 11 is 0. The molecule has 102 valence electrons. The Labute approximate surface area is 113 Å². The molecule has 1 nitrogen and oxygen atoms in total. The van der Waals surface area contributed by atoms with Crippen molar-refractivity contribution in [3.63, 3.8) is 0 Å². The van der Waals surface area contributed by atoms with E-state index in [9.17, 15) is 0 Å². The minimum Gasteiger partial charge on any atom is -0.310 e. The summed E-state index contributed by atoms with van der Waals surface area (Å²) in [7, 11) is 0. The van der Waals surface area contributed by atoms with Crippen molar-refractivity contribution >= 4 is 0 Å². The van der Waals surface area contributed by atoms with Gasteiger partial charge < -0.3 is 5.32 Å². The Morgan fingerprint density at radius 3 is 2.39 bits per heavy atom. The maximum atomic E-state index is 3.70. The van der Waals surface area contributed by atoms with Crippen LogP contribution in [0.4, 0.5) is 0 Å². The van der Waals surface area contributed by atoms with Gasteiger partial charge in [0.2, 0.25) is 0 Å². The number of rotatable bonds is 6. The zero-order valence-corrected chi connectivity index (χ0v) is 12.7. The molecule has 0 radical (unpaired) electrons. The molecule has 1 atom stereocenters. The van der Waals surface area contributed by atoms with Gasteiger partial charge in [0, 0.05) is 6.04 Å². The van der Waals surface area contributed by atoms with Crippen molar-refractivity contribution in [3.8, 4) is 0 Å². The standard InChI is InChI=1S/C17H29N/c1-6-13-18-16(11-12-17(3,4)5)15-10-8-7-9-14(15)2/h7-10,16,18H,6,11-13H2,1-5H3. The minimum atomic E-state index is 0.412. The van der Waals surface area contributed by atoms with Gasteiger partial charge in [0.1, 0.15) is 0 Å². The Bertz CT molecular complexity index is 349. The van der Waals surface area contributed by atoms with Gasteiger partial charge >= 0.3 is 0 Å². The number of nitrogens with one attached hydrogen (secondary N) is 1. The maximum absolute atomic E-state index is 3.70. The zero-order chi connectivity index (χ0) is 13.6. The lowest BCUT2D eigenvalue weighted by Crippen LogP contribution is -2.24. The van der Waals surface area contributed by atoms with Crippen molar-refractivity contribution in [1.29, 1.82) is 0 Å². The van der Waals surface area contributed by atoms with E-state index in [4.69, 9.17) is 0 Å². The minimum absolute atomic E-state index is 0.412. The Morgan fingerprint density at radius 1 is 1.17 bits per heavy atom. The van der Waals surface area contributed by atoms with Gasteiger partial charge in [0.25, 0.3) is 0 Å². The average molecular weight is 247 g/mol. The molecule has 0 aliphatic carbocycles. The first-order valence-electron chi connectivity index (χ1n) is 7.23. The molecular weight excluding hydrogens is 218 g/mol. The van der Waals surface area contributed by atoms with E-state index in [1.54, 1.807) is 0 Å². The van der Waals surface area contributed by atoms with Crippen LogP contribution in [0.3, 0.4) is 0 Å². The number of hydrogen-bond donors (Lipinski definition) is 1. The highest BCUT2D eigenvalue weighted by Crippen LogP contribution is 2.28. The van der Waals surface area contributed by atoms with Crippen molar-refractivity contribution in [2.75, 3.05) is 6.54 Å². The molecule has 0 fully saturated rings. The summed E-state index contributed by atoms with van der Waals surface area (Å²) in [5.74, 6) is 0. The first-order valence-corrected chi connectivity index (χ1v) is 7.23. The van der Waals surface area contributed by atoms with Crippen LogP contribution < -0.4 is 5.32 Å². The van der Waals surface area contributed by atoms with E-state index < -0.39 is 0 Å². The highest BCUT2D eigenvalue weighted by molar-refractivity contribution is 5.28. The second kappa shape index (κ2) is 6.94. The second-order valence-corrected chi connectivity index (χ2v) is 6.46. The molecule has 0 spiro atoms. The second-order valence-electron chi connectivity index (χ2n) is 6.46. The van der Waals surface area contributed by atoms with Crippen molar-refractivity contribution in [2.24, 2.45) is 5.41 Å². The van der Waals surface area contributed by atoms with Gasteiger partial charge in [-0.25, -0.2) is 0 Å². The van der Waals surface area contributed by atoms with E-state index >= 15 is 0 Å². The molecule has 0 saturated carbocycles. The predicted molar refractivity (Wildman–Crippen MR) is 80.9 cm³/mol. The summed E-state index contributed by atoms with van der Waals surface area (Å²) in [4.78, 5) is 0. The lowest BCUT2D eigenvalue weighted by molar-refractivity contribution is 0.332. The van der Waals surface area contributed by atoms with Crippen molar-refractivity contribution in [3.05, 3.63) is 35.4 Å². The quantitative estimate of drug-likeness (QED) is 0.757. The summed E-state index contributed by atoms with van der Waals surface area (Å²) in [5, 5.41) is 3.70. The predicted octanol–water partition coefficient (Wildman–Crippen LogP) is 4.86. The van der Waals surface area contributed by atoms with Crippen LogP contribution in [0.15, 0.2) is 24.3 Å². The fourth-order valence-electron chi connectivity index (χ4n) is 2.24. The van der Waals surface area contributed by atoms with Crippen LogP contribution in [0.1, 0.15) is 64.1 Å². The molecule has 1 unspecified atom stereocenters. The van der Waals surface area contributed by atoms with E-state index in [1.165, 1.54) is 30.4 Å². The largest absolute Gasteiger partial charge is 0.310 e. The molecule has 1 aromatic carbocycles. The highest BCUT2D eigenvalue weighted by Gasteiger charge is 2.17. The third-order valence-corrected chi connectivity index (χ3v) is 3.39. The SMILES string of the molecule is CCCNC(CCC(C)(C)C)c1ccccc1C. The molecule has 1 rings (SSSR count). The molecule has 0 amide bonds. The van der Waals surface area contributed by atoms with E-state index in [1.807, 2.05) is 0 Å². The summed E-state index contributed by atoms with van der Waals surface area (Å²) in [6.07, 6.45) is 3.66. The van der Waals surface area contributed by atoms with Crippen molar-refractivity contribution in [2.45, 2.75) is 59.9 Å². The van der Waals surface area contributed by atoms with Gasteiger partial charge in [0.05, 0.1) is 0 Å². The third kappa shape index (κ3) is 5.22. The van der Waals surface area contributed by atoms with Crippen LogP contribution in [0.5, 0.6) is 0 Å². The van der Waals surface area contributed by atoms with Crippen LogP contribution in [-0.2, 0) is 0 Å².